The minimum absolute atomic E-state index is 0.151. The van der Waals surface area contributed by atoms with E-state index in [-0.39, 0.29) is 18.3 Å². The van der Waals surface area contributed by atoms with Crippen molar-refractivity contribution in [1.82, 2.24) is 0 Å². The van der Waals surface area contributed by atoms with Crippen molar-refractivity contribution in [3.8, 4) is 0 Å². The fourth-order valence-electron chi connectivity index (χ4n) is 2.59. The molecule has 0 bridgehead atoms. The maximum absolute atomic E-state index is 5.92. The Hall–Kier alpha value is -0.980. The number of benzene rings is 1. The Bertz CT molecular complexity index is 410. The van der Waals surface area contributed by atoms with Crippen molar-refractivity contribution < 1.29 is 23.7 Å². The third kappa shape index (κ3) is 2.40. The van der Waals surface area contributed by atoms with Gasteiger partial charge in [0.25, 0.3) is 0 Å². The second-order valence-corrected chi connectivity index (χ2v) is 4.68. The first-order valence-electron chi connectivity index (χ1n) is 6.36. The van der Waals surface area contributed by atoms with Crippen molar-refractivity contribution in [2.75, 3.05) is 20.8 Å². The van der Waals surface area contributed by atoms with Gasteiger partial charge in [-0.1, -0.05) is 30.3 Å². The van der Waals surface area contributed by atoms with Crippen LogP contribution in [0.2, 0.25) is 0 Å². The molecule has 1 aromatic carbocycles. The molecular formula is C14H18O5. The highest BCUT2D eigenvalue weighted by atomic mass is 16.8. The van der Waals surface area contributed by atoms with Gasteiger partial charge in [0, 0.05) is 19.8 Å². The molecule has 0 spiro atoms. The van der Waals surface area contributed by atoms with E-state index in [0.717, 1.165) is 5.56 Å². The average Bonchev–Trinajstić information content (AvgIpc) is 2.97. The Morgan fingerprint density at radius 3 is 2.53 bits per heavy atom. The van der Waals surface area contributed by atoms with Crippen molar-refractivity contribution in [3.63, 3.8) is 0 Å². The Kier molecular flexibility index (Phi) is 3.81. The van der Waals surface area contributed by atoms with Crippen LogP contribution in [0.5, 0.6) is 0 Å². The fraction of sp³-hybridized carbons (Fsp3) is 0.571. The molecule has 1 aromatic rings. The van der Waals surface area contributed by atoms with E-state index in [9.17, 15) is 0 Å². The van der Waals surface area contributed by atoms with Gasteiger partial charge in [-0.15, -0.1) is 0 Å². The summed E-state index contributed by atoms with van der Waals surface area (Å²) in [6.07, 6.45) is -1.32. The van der Waals surface area contributed by atoms with E-state index in [1.54, 1.807) is 14.2 Å². The van der Waals surface area contributed by atoms with Crippen LogP contribution in [0.4, 0.5) is 0 Å². The van der Waals surface area contributed by atoms with Gasteiger partial charge in [0.2, 0.25) is 0 Å². The van der Waals surface area contributed by atoms with Gasteiger partial charge < -0.3 is 23.7 Å². The van der Waals surface area contributed by atoms with Gasteiger partial charge in [-0.2, -0.15) is 0 Å². The summed E-state index contributed by atoms with van der Waals surface area (Å²) < 4.78 is 28.1. The zero-order valence-corrected chi connectivity index (χ0v) is 11.0. The molecule has 0 aromatic heterocycles. The third-order valence-electron chi connectivity index (χ3n) is 3.48. The van der Waals surface area contributed by atoms with Crippen LogP contribution in [0.15, 0.2) is 30.3 Å². The Balaban J connectivity index is 1.70. The smallest absolute Gasteiger partial charge is 0.190 e. The summed E-state index contributed by atoms with van der Waals surface area (Å²) in [5.41, 5.74) is 0.985. The van der Waals surface area contributed by atoms with Crippen molar-refractivity contribution in [2.45, 2.75) is 30.9 Å². The van der Waals surface area contributed by atoms with Gasteiger partial charge in [0.15, 0.2) is 12.6 Å². The molecule has 2 aliphatic rings. The molecule has 3 rings (SSSR count). The third-order valence-corrected chi connectivity index (χ3v) is 3.48. The summed E-state index contributed by atoms with van der Waals surface area (Å²) in [4.78, 5) is 0. The highest BCUT2D eigenvalue weighted by molar-refractivity contribution is 5.17. The summed E-state index contributed by atoms with van der Waals surface area (Å²) in [7, 11) is 3.29. The molecule has 2 fully saturated rings. The molecule has 5 heteroatoms. The lowest BCUT2D eigenvalue weighted by Crippen LogP contribution is -2.36. The number of rotatable bonds is 4. The molecule has 2 saturated heterocycles. The van der Waals surface area contributed by atoms with Crippen LogP contribution in [0.1, 0.15) is 11.9 Å². The first-order valence-corrected chi connectivity index (χ1v) is 6.36. The van der Waals surface area contributed by atoms with Gasteiger partial charge in [-0.25, -0.2) is 0 Å². The van der Waals surface area contributed by atoms with Gasteiger partial charge in [-0.05, 0) is 0 Å². The van der Waals surface area contributed by atoms with Crippen LogP contribution in [0.3, 0.4) is 0 Å². The SMILES string of the molecule is COC[C@H]1O[C@H]2OC(c3ccccc3)O[C@H]2[C@@H]1OC. The highest BCUT2D eigenvalue weighted by Gasteiger charge is 2.52. The lowest BCUT2D eigenvalue weighted by molar-refractivity contribution is -0.181. The van der Waals surface area contributed by atoms with E-state index in [4.69, 9.17) is 23.7 Å². The maximum atomic E-state index is 5.92. The molecule has 5 nitrogen and oxygen atoms in total. The van der Waals surface area contributed by atoms with Gasteiger partial charge in [0.05, 0.1) is 6.61 Å². The Morgan fingerprint density at radius 2 is 1.84 bits per heavy atom. The minimum Gasteiger partial charge on any atom is -0.382 e. The van der Waals surface area contributed by atoms with Crippen LogP contribution in [0.25, 0.3) is 0 Å². The molecule has 0 radical (unpaired) electrons. The first kappa shape index (κ1) is 13.0. The fourth-order valence-corrected chi connectivity index (χ4v) is 2.59. The molecule has 2 aliphatic heterocycles. The molecule has 0 N–H and O–H groups in total. The molecule has 2 heterocycles. The monoisotopic (exact) mass is 266 g/mol. The molecule has 0 aliphatic carbocycles. The second-order valence-electron chi connectivity index (χ2n) is 4.68. The lowest BCUT2D eigenvalue weighted by atomic mass is 10.1. The standard InChI is InChI=1S/C14H18O5/c1-15-8-10-11(16-2)12-14(17-10)19-13(18-12)9-6-4-3-5-7-9/h3-7,10-14H,8H2,1-2H3/t10-,11-,12+,13?,14+/m1/s1. The van der Waals surface area contributed by atoms with E-state index in [1.165, 1.54) is 0 Å². The van der Waals surface area contributed by atoms with E-state index in [2.05, 4.69) is 0 Å². The molecule has 5 atom stereocenters. The summed E-state index contributed by atoms with van der Waals surface area (Å²) >= 11 is 0. The quantitative estimate of drug-likeness (QED) is 0.826. The number of hydrogen-bond donors (Lipinski definition) is 0. The number of methoxy groups -OCH3 is 2. The van der Waals surface area contributed by atoms with Crippen molar-refractivity contribution in [2.24, 2.45) is 0 Å². The zero-order chi connectivity index (χ0) is 13.2. The molecule has 104 valence electrons. The lowest BCUT2D eigenvalue weighted by Gasteiger charge is -2.21. The van der Waals surface area contributed by atoms with E-state index in [0.29, 0.717) is 6.61 Å². The van der Waals surface area contributed by atoms with Crippen LogP contribution in [-0.2, 0) is 23.7 Å². The maximum Gasteiger partial charge on any atom is 0.190 e. The summed E-state index contributed by atoms with van der Waals surface area (Å²) in [5.74, 6) is 0. The van der Waals surface area contributed by atoms with Crippen molar-refractivity contribution >= 4 is 0 Å². The van der Waals surface area contributed by atoms with E-state index < -0.39 is 12.6 Å². The van der Waals surface area contributed by atoms with Crippen LogP contribution in [-0.4, -0.2) is 45.4 Å². The largest absolute Gasteiger partial charge is 0.382 e. The molecule has 1 unspecified atom stereocenters. The van der Waals surface area contributed by atoms with Crippen molar-refractivity contribution in [3.05, 3.63) is 35.9 Å². The number of hydrogen-bond acceptors (Lipinski definition) is 5. The topological polar surface area (TPSA) is 46.2 Å². The molecule has 19 heavy (non-hydrogen) atoms. The Labute approximate surface area is 112 Å². The van der Waals surface area contributed by atoms with Crippen molar-refractivity contribution in [1.29, 1.82) is 0 Å². The minimum atomic E-state index is -0.393. The normalized spacial score (nSPS) is 37.5. The summed E-state index contributed by atoms with van der Waals surface area (Å²) in [6, 6.07) is 9.82. The Morgan fingerprint density at radius 1 is 1.05 bits per heavy atom. The summed E-state index contributed by atoms with van der Waals surface area (Å²) in [5, 5.41) is 0. The number of fused-ring (bicyclic) bond motifs is 1. The highest BCUT2D eigenvalue weighted by Crippen LogP contribution is 2.39. The van der Waals surface area contributed by atoms with Gasteiger partial charge in [-0.3, -0.25) is 0 Å². The van der Waals surface area contributed by atoms with Crippen LogP contribution in [0, 0.1) is 0 Å². The number of ether oxygens (including phenoxy) is 5. The second kappa shape index (κ2) is 5.56. The molecule has 0 saturated carbocycles. The van der Waals surface area contributed by atoms with E-state index in [1.807, 2.05) is 30.3 Å². The predicted molar refractivity (Wildman–Crippen MR) is 66.5 cm³/mol. The summed E-state index contributed by atoms with van der Waals surface area (Å²) in [6.45, 7) is 0.466. The van der Waals surface area contributed by atoms with Gasteiger partial charge in [0.1, 0.15) is 18.3 Å². The van der Waals surface area contributed by atoms with Crippen LogP contribution >= 0.6 is 0 Å². The molecule has 0 amide bonds. The van der Waals surface area contributed by atoms with Gasteiger partial charge >= 0.3 is 0 Å². The van der Waals surface area contributed by atoms with E-state index >= 15 is 0 Å². The average molecular weight is 266 g/mol. The van der Waals surface area contributed by atoms with Crippen LogP contribution < -0.4 is 0 Å². The first-order chi connectivity index (χ1) is 9.33. The predicted octanol–water partition coefficient (Wildman–Crippen LogP) is 1.49. The molecular weight excluding hydrogens is 248 g/mol. The zero-order valence-electron chi connectivity index (χ0n) is 11.0.